The number of carbonyl (C=O) groups is 4. The first-order chi connectivity index (χ1) is 21.5. The first kappa shape index (κ1) is 34.7. The third-order valence-electron chi connectivity index (χ3n) is 9.86. The smallest absolute Gasteiger partial charge is 0.329 e. The molecule has 246 valence electrons. The zero-order valence-electron chi connectivity index (χ0n) is 27.0. The third kappa shape index (κ3) is 7.99. The van der Waals surface area contributed by atoms with Gasteiger partial charge in [0.25, 0.3) is 5.91 Å². The van der Waals surface area contributed by atoms with Crippen LogP contribution in [-0.4, -0.2) is 75.2 Å². The number of ether oxygens (including phenoxy) is 2. The summed E-state index contributed by atoms with van der Waals surface area (Å²) in [5.74, 6) is -7.67. The molecule has 3 aliphatic rings. The van der Waals surface area contributed by atoms with E-state index in [0.29, 0.717) is 51.4 Å². The van der Waals surface area contributed by atoms with Crippen LogP contribution in [0, 0.1) is 23.7 Å². The molecule has 1 unspecified atom stereocenters. The molecule has 3 heterocycles. The Balaban J connectivity index is 1.73. The summed E-state index contributed by atoms with van der Waals surface area (Å²) in [5, 5.41) is 23.0. The van der Waals surface area contributed by atoms with Gasteiger partial charge in [-0.1, -0.05) is 70.2 Å². The van der Waals surface area contributed by atoms with E-state index < -0.39 is 65.6 Å². The maximum Gasteiger partial charge on any atom is 0.329 e. The molecule has 2 saturated heterocycles. The maximum absolute atomic E-state index is 14.2. The summed E-state index contributed by atoms with van der Waals surface area (Å²) in [7, 11) is 0. The van der Waals surface area contributed by atoms with Crippen molar-refractivity contribution >= 4 is 23.4 Å². The minimum absolute atomic E-state index is 0.0641. The summed E-state index contributed by atoms with van der Waals surface area (Å²) in [4.78, 5) is 55.8. The Hall–Kier alpha value is -3.14. The van der Waals surface area contributed by atoms with Crippen LogP contribution >= 0.6 is 0 Å². The van der Waals surface area contributed by atoms with Gasteiger partial charge in [-0.25, -0.2) is 4.79 Å². The van der Waals surface area contributed by atoms with E-state index >= 15 is 0 Å². The van der Waals surface area contributed by atoms with Gasteiger partial charge in [-0.3, -0.25) is 14.4 Å². The van der Waals surface area contributed by atoms with Crippen LogP contribution < -0.4 is 0 Å². The van der Waals surface area contributed by atoms with Crippen molar-refractivity contribution in [1.82, 2.24) is 4.90 Å². The van der Waals surface area contributed by atoms with Crippen LogP contribution in [0.3, 0.4) is 0 Å². The van der Waals surface area contributed by atoms with Crippen molar-refractivity contribution in [2.24, 2.45) is 23.7 Å². The Kier molecular flexibility index (Phi) is 11.9. The van der Waals surface area contributed by atoms with Gasteiger partial charge in [0.05, 0.1) is 12.2 Å². The summed E-state index contributed by atoms with van der Waals surface area (Å²) >= 11 is 0. The summed E-state index contributed by atoms with van der Waals surface area (Å²) in [5.41, 5.74) is 1.10. The lowest BCUT2D eigenvalue weighted by atomic mass is 9.84. The number of piperidine rings is 1. The number of rotatable bonds is 4. The predicted octanol–water partition coefficient (Wildman–Crippen LogP) is 4.34. The van der Waals surface area contributed by atoms with Crippen LogP contribution in [0.25, 0.3) is 0 Å². The number of aliphatic hydroxyl groups excluding tert-OH is 1. The van der Waals surface area contributed by atoms with Crippen molar-refractivity contribution in [3.63, 3.8) is 0 Å². The Bertz CT molecular complexity index is 1260. The number of aliphatic hydroxyl groups is 2. The topological polar surface area (TPSA) is 130 Å². The Morgan fingerprint density at radius 3 is 2.44 bits per heavy atom. The molecule has 2 bridgehead atoms. The SMILES string of the molecule is CC[C@H](Cc1ccccc1)[C@@H]1/C=C/C/C=C/C(=O)[C@@H](C)[C@H](O)[C@@H](C)[C@@H]2CC[C@@H](C)C(=O)C(O)(O2)C(=O)N2CCCC[C@H]2C(=O)O1. The fourth-order valence-electron chi connectivity index (χ4n) is 6.74. The van der Waals surface area contributed by atoms with Gasteiger partial charge < -0.3 is 24.6 Å². The van der Waals surface area contributed by atoms with E-state index in [1.54, 1.807) is 26.8 Å². The minimum Gasteiger partial charge on any atom is -0.456 e. The van der Waals surface area contributed by atoms with Crippen LogP contribution in [0.15, 0.2) is 54.6 Å². The summed E-state index contributed by atoms with van der Waals surface area (Å²) in [6, 6.07) is 8.94. The fourth-order valence-corrected chi connectivity index (χ4v) is 6.74. The molecule has 2 fully saturated rings. The third-order valence-corrected chi connectivity index (χ3v) is 9.86. The van der Waals surface area contributed by atoms with Crippen molar-refractivity contribution in [2.45, 2.75) is 109 Å². The first-order valence-corrected chi connectivity index (χ1v) is 16.5. The minimum atomic E-state index is -2.83. The molecule has 0 spiro atoms. The average molecular weight is 624 g/mol. The molecule has 9 nitrogen and oxygen atoms in total. The van der Waals surface area contributed by atoms with Gasteiger partial charge in [0.15, 0.2) is 5.78 Å². The lowest BCUT2D eigenvalue weighted by molar-refractivity contribution is -0.237. The number of nitrogens with zero attached hydrogens (tertiary/aromatic N) is 1. The van der Waals surface area contributed by atoms with E-state index in [2.05, 4.69) is 0 Å². The van der Waals surface area contributed by atoms with Gasteiger partial charge in [0, 0.05) is 30.2 Å². The summed E-state index contributed by atoms with van der Waals surface area (Å²) in [6.07, 6.45) is 8.24. The van der Waals surface area contributed by atoms with Crippen LogP contribution in [0.1, 0.15) is 78.2 Å². The van der Waals surface area contributed by atoms with Gasteiger partial charge in [-0.05, 0) is 69.1 Å². The summed E-state index contributed by atoms with van der Waals surface area (Å²) in [6.45, 7) is 7.15. The number of benzene rings is 1. The second-order valence-electron chi connectivity index (χ2n) is 13.0. The standard InChI is InChI=1S/C36H49NO8/c1-5-27(22-26-14-8-6-9-15-26)31-18-11-7-10-17-29(38)24(3)32(39)25(4)30-20-19-23(2)33(40)36(43,45-30)35(42)37-21-13-12-16-28(37)34(41)44-31/h6,8-11,14-15,17-18,23-25,27-28,30-32,39,43H,5,7,12-13,16,19-22H2,1-4H3/b17-10+,18-11+/t23-,24-,25+,27-,28+,30+,31+,32+,36?/m1/s1. The molecule has 0 saturated carbocycles. The fraction of sp³-hybridized carbons (Fsp3) is 0.611. The van der Waals surface area contributed by atoms with E-state index in [1.165, 1.54) is 11.0 Å². The van der Waals surface area contributed by atoms with Crippen LogP contribution in [0.5, 0.6) is 0 Å². The van der Waals surface area contributed by atoms with Gasteiger partial charge >= 0.3 is 11.8 Å². The van der Waals surface area contributed by atoms with E-state index in [9.17, 15) is 29.4 Å². The van der Waals surface area contributed by atoms with E-state index in [1.807, 2.05) is 49.4 Å². The lowest BCUT2D eigenvalue weighted by Gasteiger charge is -2.40. The first-order valence-electron chi connectivity index (χ1n) is 16.5. The Morgan fingerprint density at radius 2 is 1.73 bits per heavy atom. The molecule has 3 aliphatic heterocycles. The highest BCUT2D eigenvalue weighted by molar-refractivity contribution is 6.09. The van der Waals surface area contributed by atoms with Crippen molar-refractivity contribution in [3.8, 4) is 0 Å². The maximum atomic E-state index is 14.2. The second-order valence-corrected chi connectivity index (χ2v) is 13.0. The van der Waals surface area contributed by atoms with Crippen LogP contribution in [-0.2, 0) is 35.1 Å². The van der Waals surface area contributed by atoms with Gasteiger partial charge in [-0.15, -0.1) is 0 Å². The molecule has 1 aromatic rings. The highest BCUT2D eigenvalue weighted by atomic mass is 16.6. The number of hydrogen-bond donors (Lipinski definition) is 2. The van der Waals surface area contributed by atoms with Crippen LogP contribution in [0.2, 0.25) is 0 Å². The Morgan fingerprint density at radius 1 is 1.00 bits per heavy atom. The number of fused-ring (bicyclic) bond motifs is 3. The zero-order valence-corrected chi connectivity index (χ0v) is 27.0. The van der Waals surface area contributed by atoms with Crippen molar-refractivity contribution < 1.29 is 38.9 Å². The molecule has 9 heteroatoms. The molecule has 2 N–H and O–H groups in total. The van der Waals surface area contributed by atoms with Gasteiger partial charge in [0.2, 0.25) is 5.78 Å². The van der Waals surface area contributed by atoms with Gasteiger partial charge in [-0.2, -0.15) is 0 Å². The molecule has 9 atom stereocenters. The highest BCUT2D eigenvalue weighted by Crippen LogP contribution is 2.35. The molecule has 0 aliphatic carbocycles. The van der Waals surface area contributed by atoms with Crippen molar-refractivity contribution in [1.29, 1.82) is 0 Å². The number of ketones is 2. The normalized spacial score (nSPS) is 36.1. The van der Waals surface area contributed by atoms with E-state index in [-0.39, 0.29) is 18.2 Å². The molecular formula is C36H49NO8. The number of esters is 1. The quantitative estimate of drug-likeness (QED) is 0.288. The monoisotopic (exact) mass is 623 g/mol. The van der Waals surface area contributed by atoms with Crippen molar-refractivity contribution in [2.75, 3.05) is 6.54 Å². The number of cyclic esters (lactones) is 1. The molecule has 0 aromatic heterocycles. The van der Waals surface area contributed by atoms with Crippen molar-refractivity contribution in [3.05, 3.63) is 60.2 Å². The van der Waals surface area contributed by atoms with Gasteiger partial charge in [0.1, 0.15) is 12.1 Å². The second kappa shape index (κ2) is 15.4. The molecule has 45 heavy (non-hydrogen) atoms. The molecule has 4 rings (SSSR count). The zero-order chi connectivity index (χ0) is 32.7. The number of hydrogen-bond acceptors (Lipinski definition) is 8. The largest absolute Gasteiger partial charge is 0.456 e. The molecule has 1 amide bonds. The summed E-state index contributed by atoms with van der Waals surface area (Å²) < 4.78 is 12.2. The number of Topliss-reactive ketones (excluding diaryl/α,β-unsaturated/α-hetero) is 1. The molecule has 0 radical (unpaired) electrons. The van der Waals surface area contributed by atoms with Crippen LogP contribution in [0.4, 0.5) is 0 Å². The number of carbonyl (C=O) groups excluding carboxylic acids is 4. The lowest BCUT2D eigenvalue weighted by Crippen LogP contribution is -2.62. The number of amides is 1. The highest BCUT2D eigenvalue weighted by Gasteiger charge is 2.55. The molecular weight excluding hydrogens is 574 g/mol. The van der Waals surface area contributed by atoms with E-state index in [0.717, 1.165) is 5.56 Å². The Labute approximate surface area is 266 Å². The predicted molar refractivity (Wildman–Crippen MR) is 169 cm³/mol. The number of allylic oxidation sites excluding steroid dienone is 3. The van der Waals surface area contributed by atoms with E-state index in [4.69, 9.17) is 9.47 Å². The average Bonchev–Trinajstić information content (AvgIpc) is 3.17. The molecule has 1 aromatic carbocycles.